The van der Waals surface area contributed by atoms with Gasteiger partial charge in [0.1, 0.15) is 0 Å². The van der Waals surface area contributed by atoms with Crippen molar-refractivity contribution in [2.24, 2.45) is 11.3 Å². The van der Waals surface area contributed by atoms with Gasteiger partial charge in [-0.05, 0) is 31.7 Å². The van der Waals surface area contributed by atoms with E-state index in [9.17, 15) is 14.7 Å². The molecule has 1 N–H and O–H groups in total. The van der Waals surface area contributed by atoms with Crippen molar-refractivity contribution in [3.63, 3.8) is 0 Å². The van der Waals surface area contributed by atoms with Crippen LogP contribution in [0.15, 0.2) is 24.3 Å². The summed E-state index contributed by atoms with van der Waals surface area (Å²) in [4.78, 5) is 27.6. The summed E-state index contributed by atoms with van der Waals surface area (Å²) in [7, 11) is 0. The molecule has 2 atom stereocenters. The number of hydrogen-bond donors (Lipinski definition) is 1. The minimum atomic E-state index is -0.868. The third-order valence-electron chi connectivity index (χ3n) is 6.78. The second kappa shape index (κ2) is 6.91. The molecule has 1 aromatic rings. The Bertz CT molecular complexity index is 725. The Morgan fingerprint density at radius 2 is 1.74 bits per heavy atom. The number of amides is 1. The highest BCUT2D eigenvalue weighted by molar-refractivity contribution is 5.90. The number of rotatable bonds is 3. The van der Waals surface area contributed by atoms with Crippen LogP contribution in [-0.2, 0) is 24.5 Å². The lowest BCUT2D eigenvalue weighted by molar-refractivity contribution is -0.157. The summed E-state index contributed by atoms with van der Waals surface area (Å²) in [5, 5.41) is 9.91. The van der Waals surface area contributed by atoms with E-state index in [2.05, 4.69) is 0 Å². The lowest BCUT2D eigenvalue weighted by atomic mass is 9.72. The molecule has 0 spiro atoms. The van der Waals surface area contributed by atoms with Crippen molar-refractivity contribution in [2.75, 3.05) is 39.5 Å². The third-order valence-corrected chi connectivity index (χ3v) is 6.78. The molecule has 3 fully saturated rings. The molecule has 0 bridgehead atoms. The molecule has 3 saturated heterocycles. The topological polar surface area (TPSA) is 76.1 Å². The number of carbonyl (C=O) groups excluding carboxylic acids is 1. The van der Waals surface area contributed by atoms with Gasteiger partial charge in [0.05, 0.1) is 17.4 Å². The van der Waals surface area contributed by atoms with Crippen LogP contribution in [0.2, 0.25) is 0 Å². The first-order chi connectivity index (χ1) is 13.0. The van der Waals surface area contributed by atoms with E-state index >= 15 is 0 Å². The molecule has 0 aliphatic carbocycles. The van der Waals surface area contributed by atoms with Gasteiger partial charge in [-0.25, -0.2) is 0 Å². The standard InChI is InChI=1S/C21H27NO5/c1-15-2-4-16(5-3-15)20(6-9-26-10-7-20)18(23)22-12-17-13-27-11-8-21(17,14-22)19(24)25/h2-5,17H,6-14H2,1H3,(H,24,25)/t17-,21+/m0/s1. The summed E-state index contributed by atoms with van der Waals surface area (Å²) >= 11 is 0. The van der Waals surface area contributed by atoms with Gasteiger partial charge in [0.25, 0.3) is 0 Å². The summed E-state index contributed by atoms with van der Waals surface area (Å²) in [6.07, 6.45) is 1.73. The first-order valence-corrected chi connectivity index (χ1v) is 9.73. The van der Waals surface area contributed by atoms with Gasteiger partial charge in [-0.2, -0.15) is 0 Å². The molecule has 6 heteroatoms. The molecular weight excluding hydrogens is 346 g/mol. The fourth-order valence-electron chi connectivity index (χ4n) is 4.98. The lowest BCUT2D eigenvalue weighted by Gasteiger charge is -2.39. The van der Waals surface area contributed by atoms with Gasteiger partial charge in [0.15, 0.2) is 0 Å². The lowest BCUT2D eigenvalue weighted by Crippen LogP contribution is -2.50. The van der Waals surface area contributed by atoms with E-state index in [1.807, 2.05) is 31.2 Å². The molecule has 0 aromatic heterocycles. The number of aliphatic carboxylic acids is 1. The van der Waals surface area contributed by atoms with Crippen molar-refractivity contribution >= 4 is 11.9 Å². The Labute approximate surface area is 159 Å². The summed E-state index contributed by atoms with van der Waals surface area (Å²) in [6.45, 7) is 4.72. The molecule has 146 valence electrons. The average molecular weight is 373 g/mol. The van der Waals surface area contributed by atoms with Gasteiger partial charge in [0.2, 0.25) is 5.91 Å². The van der Waals surface area contributed by atoms with Crippen LogP contribution < -0.4 is 0 Å². The zero-order valence-electron chi connectivity index (χ0n) is 15.8. The predicted molar refractivity (Wildman–Crippen MR) is 98.5 cm³/mol. The maximum absolute atomic E-state index is 13.8. The first kappa shape index (κ1) is 18.4. The van der Waals surface area contributed by atoms with E-state index in [-0.39, 0.29) is 18.4 Å². The number of hydrogen-bond acceptors (Lipinski definition) is 4. The summed E-state index contributed by atoms with van der Waals surface area (Å²) in [5.74, 6) is -0.894. The van der Waals surface area contributed by atoms with Crippen LogP contribution in [0.5, 0.6) is 0 Å². The molecule has 3 aliphatic heterocycles. The van der Waals surface area contributed by atoms with Crippen LogP contribution in [-0.4, -0.2) is 61.4 Å². The number of fused-ring (bicyclic) bond motifs is 1. The summed E-state index contributed by atoms with van der Waals surface area (Å²) in [6, 6.07) is 8.15. The van der Waals surface area contributed by atoms with E-state index < -0.39 is 16.8 Å². The number of aryl methyl sites for hydroxylation is 1. The van der Waals surface area contributed by atoms with Gasteiger partial charge in [-0.15, -0.1) is 0 Å². The smallest absolute Gasteiger partial charge is 0.311 e. The highest BCUT2D eigenvalue weighted by Gasteiger charge is 2.57. The molecule has 3 aliphatic rings. The van der Waals surface area contributed by atoms with Crippen LogP contribution in [0, 0.1) is 18.3 Å². The third kappa shape index (κ3) is 2.95. The SMILES string of the molecule is Cc1ccc(C2(C(=O)N3C[C@H]4COCC[C@@]4(C(=O)O)C3)CCOCC2)cc1. The number of nitrogens with zero attached hydrogens (tertiary/aromatic N) is 1. The number of likely N-dealkylation sites (tertiary alicyclic amines) is 1. The highest BCUT2D eigenvalue weighted by Crippen LogP contribution is 2.45. The largest absolute Gasteiger partial charge is 0.481 e. The van der Waals surface area contributed by atoms with Gasteiger partial charge < -0.3 is 19.5 Å². The van der Waals surface area contributed by atoms with Crippen LogP contribution in [0.4, 0.5) is 0 Å². The maximum Gasteiger partial charge on any atom is 0.311 e. The molecule has 3 heterocycles. The predicted octanol–water partition coefficient (Wildman–Crippen LogP) is 1.99. The monoisotopic (exact) mass is 373 g/mol. The molecule has 27 heavy (non-hydrogen) atoms. The van der Waals surface area contributed by atoms with E-state index in [4.69, 9.17) is 9.47 Å². The first-order valence-electron chi connectivity index (χ1n) is 9.73. The zero-order valence-corrected chi connectivity index (χ0v) is 15.8. The molecule has 0 saturated carbocycles. The average Bonchev–Trinajstić information content (AvgIpc) is 3.09. The Kier molecular flexibility index (Phi) is 4.72. The molecule has 0 radical (unpaired) electrons. The Hall–Kier alpha value is -1.92. The zero-order chi connectivity index (χ0) is 19.1. The van der Waals surface area contributed by atoms with Crippen LogP contribution in [0.1, 0.15) is 30.4 Å². The van der Waals surface area contributed by atoms with Crippen molar-refractivity contribution in [1.29, 1.82) is 0 Å². The molecule has 1 amide bonds. The molecule has 4 rings (SSSR count). The van der Waals surface area contributed by atoms with Gasteiger partial charge in [-0.1, -0.05) is 29.8 Å². The fourth-order valence-corrected chi connectivity index (χ4v) is 4.98. The van der Waals surface area contributed by atoms with E-state index in [1.54, 1.807) is 4.90 Å². The number of carbonyl (C=O) groups is 2. The molecule has 6 nitrogen and oxygen atoms in total. The van der Waals surface area contributed by atoms with E-state index in [0.717, 1.165) is 11.1 Å². The van der Waals surface area contributed by atoms with Crippen molar-refractivity contribution in [3.8, 4) is 0 Å². The van der Waals surface area contributed by atoms with Crippen LogP contribution in [0.25, 0.3) is 0 Å². The van der Waals surface area contributed by atoms with E-state index in [0.29, 0.717) is 52.2 Å². The maximum atomic E-state index is 13.8. The Morgan fingerprint density at radius 3 is 2.37 bits per heavy atom. The molecular formula is C21H27NO5. The molecule has 1 aromatic carbocycles. The van der Waals surface area contributed by atoms with Gasteiger partial charge in [0, 0.05) is 38.8 Å². The van der Waals surface area contributed by atoms with Crippen molar-refractivity contribution in [2.45, 2.75) is 31.6 Å². The second-order valence-corrected chi connectivity index (χ2v) is 8.23. The van der Waals surface area contributed by atoms with Crippen molar-refractivity contribution < 1.29 is 24.2 Å². The number of carboxylic acids is 1. The Balaban J connectivity index is 1.66. The van der Waals surface area contributed by atoms with Gasteiger partial charge in [-0.3, -0.25) is 9.59 Å². The number of ether oxygens (including phenoxy) is 2. The van der Waals surface area contributed by atoms with Crippen LogP contribution >= 0.6 is 0 Å². The van der Waals surface area contributed by atoms with Crippen molar-refractivity contribution in [1.82, 2.24) is 4.90 Å². The summed E-state index contributed by atoms with van der Waals surface area (Å²) in [5.41, 5.74) is 0.674. The molecule has 0 unspecified atom stereocenters. The number of carboxylic acid groups (broad SMARTS) is 1. The number of benzene rings is 1. The second-order valence-electron chi connectivity index (χ2n) is 8.23. The van der Waals surface area contributed by atoms with E-state index in [1.165, 1.54) is 0 Å². The van der Waals surface area contributed by atoms with Crippen molar-refractivity contribution in [3.05, 3.63) is 35.4 Å². The normalized spacial score (nSPS) is 30.0. The quantitative estimate of drug-likeness (QED) is 0.877. The Morgan fingerprint density at radius 1 is 1.07 bits per heavy atom. The minimum absolute atomic E-state index is 0.0460. The summed E-state index contributed by atoms with van der Waals surface area (Å²) < 4.78 is 11.1. The highest BCUT2D eigenvalue weighted by atomic mass is 16.5. The minimum Gasteiger partial charge on any atom is -0.481 e. The van der Waals surface area contributed by atoms with Gasteiger partial charge >= 0.3 is 5.97 Å². The van der Waals surface area contributed by atoms with Crippen LogP contribution in [0.3, 0.4) is 0 Å². The fraction of sp³-hybridized carbons (Fsp3) is 0.619.